The molecule has 0 spiro atoms. The molecule has 1 aromatic heterocycles. The van der Waals surface area contributed by atoms with Crippen molar-refractivity contribution in [2.75, 3.05) is 13.6 Å². The minimum absolute atomic E-state index is 0.106. The zero-order valence-electron chi connectivity index (χ0n) is 9.94. The number of carbonyl (C=O) groups is 1. The lowest BCUT2D eigenvalue weighted by Crippen LogP contribution is -2.35. The summed E-state index contributed by atoms with van der Waals surface area (Å²) in [5.74, 6) is 0.106. The maximum atomic E-state index is 11.5. The van der Waals surface area contributed by atoms with E-state index in [9.17, 15) is 4.79 Å². The zero-order chi connectivity index (χ0) is 11.8. The Morgan fingerprint density at radius 1 is 1.56 bits per heavy atom. The number of nitrogens with zero attached hydrogens (tertiary/aromatic N) is 2. The van der Waals surface area contributed by atoms with Crippen molar-refractivity contribution < 1.29 is 4.79 Å². The number of aromatic nitrogens is 2. The van der Waals surface area contributed by atoms with Gasteiger partial charge in [0.2, 0.25) is 5.91 Å². The smallest absolute Gasteiger partial charge is 0.220 e. The fourth-order valence-electron chi connectivity index (χ4n) is 1.51. The van der Waals surface area contributed by atoms with Crippen LogP contribution < -0.4 is 10.6 Å². The van der Waals surface area contributed by atoms with Crippen LogP contribution in [0.25, 0.3) is 0 Å². The Labute approximate surface area is 96.2 Å². The molecule has 1 rings (SSSR count). The number of hydrogen-bond donors (Lipinski definition) is 2. The second kappa shape index (κ2) is 7.00. The van der Waals surface area contributed by atoms with Crippen LogP contribution in [-0.4, -0.2) is 35.3 Å². The van der Waals surface area contributed by atoms with Gasteiger partial charge in [-0.1, -0.05) is 0 Å². The Kier molecular flexibility index (Phi) is 5.56. The number of rotatable bonds is 7. The molecular formula is C11H20N4O. The first-order chi connectivity index (χ1) is 7.72. The summed E-state index contributed by atoms with van der Waals surface area (Å²) in [6.45, 7) is 3.57. The van der Waals surface area contributed by atoms with E-state index in [0.29, 0.717) is 13.0 Å². The van der Waals surface area contributed by atoms with Gasteiger partial charge in [0.15, 0.2) is 0 Å². The fraction of sp³-hybridized carbons (Fsp3) is 0.636. The maximum Gasteiger partial charge on any atom is 0.220 e. The Morgan fingerprint density at radius 2 is 2.38 bits per heavy atom. The first-order valence-electron chi connectivity index (χ1n) is 5.63. The van der Waals surface area contributed by atoms with Gasteiger partial charge in [0.05, 0.1) is 6.54 Å². The van der Waals surface area contributed by atoms with Crippen LogP contribution in [-0.2, 0) is 11.3 Å². The Morgan fingerprint density at radius 3 is 3.00 bits per heavy atom. The maximum absolute atomic E-state index is 11.5. The number of amides is 1. The first-order valence-corrected chi connectivity index (χ1v) is 5.63. The van der Waals surface area contributed by atoms with Crippen LogP contribution in [0, 0.1) is 0 Å². The summed E-state index contributed by atoms with van der Waals surface area (Å²) >= 11 is 0. The van der Waals surface area contributed by atoms with Gasteiger partial charge in [0.25, 0.3) is 0 Å². The second-order valence-corrected chi connectivity index (χ2v) is 3.90. The Hall–Kier alpha value is -1.36. The van der Waals surface area contributed by atoms with E-state index in [1.165, 1.54) is 0 Å². The molecule has 1 amide bonds. The van der Waals surface area contributed by atoms with Crippen molar-refractivity contribution in [1.29, 1.82) is 0 Å². The summed E-state index contributed by atoms with van der Waals surface area (Å²) < 4.78 is 1.82. The van der Waals surface area contributed by atoms with Crippen molar-refractivity contribution in [3.8, 4) is 0 Å². The van der Waals surface area contributed by atoms with Gasteiger partial charge in [0.1, 0.15) is 0 Å². The lowest BCUT2D eigenvalue weighted by atomic mass is 10.2. The summed E-state index contributed by atoms with van der Waals surface area (Å²) in [6.07, 6.45) is 5.08. The monoisotopic (exact) mass is 224 g/mol. The molecule has 2 N–H and O–H groups in total. The van der Waals surface area contributed by atoms with Crippen molar-refractivity contribution in [1.82, 2.24) is 20.4 Å². The molecule has 0 aliphatic rings. The second-order valence-electron chi connectivity index (χ2n) is 3.90. The molecule has 0 aliphatic carbocycles. The third-order valence-corrected chi connectivity index (χ3v) is 2.26. The topological polar surface area (TPSA) is 59.0 Å². The first kappa shape index (κ1) is 12.7. The predicted molar refractivity (Wildman–Crippen MR) is 63.0 cm³/mol. The molecule has 5 nitrogen and oxygen atoms in total. The van der Waals surface area contributed by atoms with E-state index >= 15 is 0 Å². The van der Waals surface area contributed by atoms with E-state index in [-0.39, 0.29) is 11.9 Å². The van der Waals surface area contributed by atoms with Gasteiger partial charge < -0.3 is 10.6 Å². The number of hydrogen-bond acceptors (Lipinski definition) is 3. The lowest BCUT2D eigenvalue weighted by molar-refractivity contribution is -0.121. The summed E-state index contributed by atoms with van der Waals surface area (Å²) in [6, 6.07) is 1.99. The number of carbonyl (C=O) groups excluding carboxylic acids is 1. The highest BCUT2D eigenvalue weighted by Gasteiger charge is 2.07. The van der Waals surface area contributed by atoms with Crippen LogP contribution in [0.5, 0.6) is 0 Å². The molecule has 0 saturated carbocycles. The van der Waals surface area contributed by atoms with Crippen LogP contribution in [0.4, 0.5) is 0 Å². The van der Waals surface area contributed by atoms with Crippen molar-refractivity contribution in [2.24, 2.45) is 0 Å². The fourth-order valence-corrected chi connectivity index (χ4v) is 1.51. The lowest BCUT2D eigenvalue weighted by Gasteiger charge is -2.13. The molecule has 1 heterocycles. The van der Waals surface area contributed by atoms with E-state index in [2.05, 4.69) is 15.7 Å². The van der Waals surface area contributed by atoms with Gasteiger partial charge in [-0.05, 0) is 33.0 Å². The molecular weight excluding hydrogens is 204 g/mol. The standard InChI is InChI=1S/C11H20N4O/c1-10(9-15-8-4-7-13-15)14-11(16)5-3-6-12-2/h4,7-8,10,12H,3,5-6,9H2,1-2H3,(H,14,16). The molecule has 1 atom stereocenters. The molecule has 0 saturated heterocycles. The summed E-state index contributed by atoms with van der Waals surface area (Å²) in [5.41, 5.74) is 0. The molecule has 0 aromatic carbocycles. The van der Waals surface area contributed by atoms with Crippen molar-refractivity contribution in [3.63, 3.8) is 0 Å². The molecule has 16 heavy (non-hydrogen) atoms. The Bertz CT molecular complexity index is 297. The average Bonchev–Trinajstić information content (AvgIpc) is 2.70. The van der Waals surface area contributed by atoms with Crippen molar-refractivity contribution in [2.45, 2.75) is 32.4 Å². The minimum Gasteiger partial charge on any atom is -0.352 e. The van der Waals surface area contributed by atoms with E-state index < -0.39 is 0 Å². The van der Waals surface area contributed by atoms with Gasteiger partial charge in [-0.25, -0.2) is 0 Å². The molecule has 1 aromatic rings. The van der Waals surface area contributed by atoms with Crippen molar-refractivity contribution in [3.05, 3.63) is 18.5 Å². The summed E-state index contributed by atoms with van der Waals surface area (Å²) in [5, 5.41) is 10.1. The van der Waals surface area contributed by atoms with Crippen LogP contribution in [0.2, 0.25) is 0 Å². The largest absolute Gasteiger partial charge is 0.352 e. The SMILES string of the molecule is CNCCCC(=O)NC(C)Cn1cccn1. The van der Waals surface area contributed by atoms with E-state index in [1.54, 1.807) is 6.20 Å². The molecule has 5 heteroatoms. The summed E-state index contributed by atoms with van der Waals surface area (Å²) in [7, 11) is 1.89. The zero-order valence-corrected chi connectivity index (χ0v) is 9.94. The highest BCUT2D eigenvalue weighted by molar-refractivity contribution is 5.76. The van der Waals surface area contributed by atoms with Gasteiger partial charge in [-0.15, -0.1) is 0 Å². The molecule has 0 fully saturated rings. The molecule has 90 valence electrons. The van der Waals surface area contributed by atoms with Crippen LogP contribution in [0.3, 0.4) is 0 Å². The number of nitrogens with one attached hydrogen (secondary N) is 2. The normalized spacial score (nSPS) is 12.4. The van der Waals surface area contributed by atoms with Gasteiger partial charge in [-0.2, -0.15) is 5.10 Å². The van der Waals surface area contributed by atoms with Crippen LogP contribution >= 0.6 is 0 Å². The van der Waals surface area contributed by atoms with Gasteiger partial charge in [0, 0.05) is 24.9 Å². The quantitative estimate of drug-likeness (QED) is 0.659. The highest BCUT2D eigenvalue weighted by Crippen LogP contribution is 1.93. The van der Waals surface area contributed by atoms with Crippen molar-refractivity contribution >= 4 is 5.91 Å². The summed E-state index contributed by atoms with van der Waals surface area (Å²) in [4.78, 5) is 11.5. The average molecular weight is 224 g/mol. The van der Waals surface area contributed by atoms with E-state index in [1.807, 2.05) is 30.9 Å². The molecule has 1 unspecified atom stereocenters. The van der Waals surface area contributed by atoms with E-state index in [0.717, 1.165) is 13.0 Å². The predicted octanol–water partition coefficient (Wildman–Crippen LogP) is 0.387. The van der Waals surface area contributed by atoms with E-state index in [4.69, 9.17) is 0 Å². The molecule has 0 bridgehead atoms. The van der Waals surface area contributed by atoms with Gasteiger partial charge >= 0.3 is 0 Å². The Balaban J connectivity index is 2.18. The third kappa shape index (κ3) is 4.93. The minimum atomic E-state index is 0.106. The molecule has 0 aliphatic heterocycles. The van der Waals surface area contributed by atoms with Crippen LogP contribution in [0.1, 0.15) is 19.8 Å². The molecule has 0 radical (unpaired) electrons. The van der Waals surface area contributed by atoms with Gasteiger partial charge in [-0.3, -0.25) is 9.48 Å². The highest BCUT2D eigenvalue weighted by atomic mass is 16.1. The third-order valence-electron chi connectivity index (χ3n) is 2.26. The van der Waals surface area contributed by atoms with Crippen LogP contribution in [0.15, 0.2) is 18.5 Å².